The molecule has 1 atom stereocenters. The van der Waals surface area contributed by atoms with Crippen LogP contribution in [-0.4, -0.2) is 55.8 Å². The van der Waals surface area contributed by atoms with Crippen molar-refractivity contribution in [2.24, 2.45) is 11.5 Å². The Balaban J connectivity index is 2.68. The Morgan fingerprint density at radius 2 is 1.85 bits per heavy atom. The average Bonchev–Trinajstić information content (AvgIpc) is 2.84. The molecule has 0 radical (unpaired) electrons. The van der Waals surface area contributed by atoms with Crippen LogP contribution in [0.15, 0.2) is 0 Å². The van der Waals surface area contributed by atoms with Gasteiger partial charge in [-0.25, -0.2) is 8.42 Å². The summed E-state index contributed by atoms with van der Waals surface area (Å²) in [5.41, 5.74) is 10.9. The predicted octanol–water partition coefficient (Wildman–Crippen LogP) is -0.995. The van der Waals surface area contributed by atoms with Crippen LogP contribution in [0.1, 0.15) is 32.1 Å². The van der Waals surface area contributed by atoms with Crippen molar-refractivity contribution in [1.82, 2.24) is 4.90 Å². The molecule has 0 aliphatic heterocycles. The molecule has 0 heterocycles. The van der Waals surface area contributed by atoms with Crippen LogP contribution < -0.4 is 11.5 Å². The third kappa shape index (κ3) is 5.46. The summed E-state index contributed by atoms with van der Waals surface area (Å²) >= 11 is 0. The molecular weight excluding hydrogens is 282 g/mol. The van der Waals surface area contributed by atoms with Gasteiger partial charge in [-0.05, 0) is 19.3 Å². The first-order chi connectivity index (χ1) is 9.20. The SMILES string of the molecule is CS(=O)(=O)CCC(N)C(=O)N(CC(N)=O)C1CCCC1. The standard InChI is InChI=1S/C12H23N3O4S/c1-20(18,19)7-6-10(13)12(17)15(8-11(14)16)9-4-2-3-5-9/h9-10H,2-8,13H2,1H3,(H2,14,16). The summed E-state index contributed by atoms with van der Waals surface area (Å²) in [7, 11) is -3.16. The van der Waals surface area contributed by atoms with E-state index in [4.69, 9.17) is 11.5 Å². The number of hydrogen-bond acceptors (Lipinski definition) is 5. The molecule has 1 aliphatic carbocycles. The molecule has 4 N–H and O–H groups in total. The van der Waals surface area contributed by atoms with Gasteiger partial charge in [0.05, 0.1) is 18.3 Å². The van der Waals surface area contributed by atoms with Crippen molar-refractivity contribution in [3.8, 4) is 0 Å². The molecule has 8 heteroatoms. The fourth-order valence-corrected chi connectivity index (χ4v) is 3.13. The van der Waals surface area contributed by atoms with Gasteiger partial charge in [-0.15, -0.1) is 0 Å². The number of rotatable bonds is 7. The van der Waals surface area contributed by atoms with Crippen molar-refractivity contribution in [1.29, 1.82) is 0 Å². The molecule has 0 aromatic heterocycles. The van der Waals surface area contributed by atoms with E-state index in [1.54, 1.807) is 0 Å². The summed E-state index contributed by atoms with van der Waals surface area (Å²) in [6.45, 7) is -0.157. The third-order valence-electron chi connectivity index (χ3n) is 3.49. The second-order valence-corrected chi connectivity index (χ2v) is 7.66. The topological polar surface area (TPSA) is 124 Å². The Hall–Kier alpha value is -1.15. The van der Waals surface area contributed by atoms with Crippen molar-refractivity contribution >= 4 is 21.7 Å². The van der Waals surface area contributed by atoms with Crippen LogP contribution in [0.3, 0.4) is 0 Å². The zero-order valence-corrected chi connectivity index (χ0v) is 12.6. The van der Waals surface area contributed by atoms with E-state index >= 15 is 0 Å². The first-order valence-electron chi connectivity index (χ1n) is 6.73. The minimum atomic E-state index is -3.16. The van der Waals surface area contributed by atoms with Crippen LogP contribution in [-0.2, 0) is 19.4 Å². The third-order valence-corrected chi connectivity index (χ3v) is 4.47. The van der Waals surface area contributed by atoms with E-state index in [1.807, 2.05) is 0 Å². The molecule has 0 bridgehead atoms. The maximum atomic E-state index is 12.3. The maximum Gasteiger partial charge on any atom is 0.240 e. The van der Waals surface area contributed by atoms with Gasteiger partial charge in [0.1, 0.15) is 9.84 Å². The average molecular weight is 305 g/mol. The Bertz CT molecular complexity index is 457. The highest BCUT2D eigenvalue weighted by Gasteiger charge is 2.31. The Labute approximate surface area is 119 Å². The first kappa shape index (κ1) is 16.9. The van der Waals surface area contributed by atoms with Gasteiger partial charge in [-0.1, -0.05) is 12.8 Å². The number of amides is 2. The number of primary amides is 1. The monoisotopic (exact) mass is 305 g/mol. The van der Waals surface area contributed by atoms with Gasteiger partial charge < -0.3 is 16.4 Å². The number of carbonyl (C=O) groups excluding carboxylic acids is 2. The van der Waals surface area contributed by atoms with E-state index in [2.05, 4.69) is 0 Å². The lowest BCUT2D eigenvalue weighted by Crippen LogP contribution is -2.51. The molecule has 0 aromatic carbocycles. The van der Waals surface area contributed by atoms with Gasteiger partial charge >= 0.3 is 0 Å². The highest BCUT2D eigenvalue weighted by atomic mass is 32.2. The highest BCUT2D eigenvalue weighted by Crippen LogP contribution is 2.24. The van der Waals surface area contributed by atoms with E-state index in [1.165, 1.54) is 4.90 Å². The molecule has 0 spiro atoms. The first-order valence-corrected chi connectivity index (χ1v) is 8.79. The maximum absolute atomic E-state index is 12.3. The zero-order chi connectivity index (χ0) is 15.3. The summed E-state index contributed by atoms with van der Waals surface area (Å²) in [6.07, 6.45) is 4.83. The quantitative estimate of drug-likeness (QED) is 0.624. The van der Waals surface area contributed by atoms with Gasteiger partial charge in [0.15, 0.2) is 0 Å². The molecule has 2 amide bonds. The summed E-state index contributed by atoms with van der Waals surface area (Å²) in [4.78, 5) is 24.8. The van der Waals surface area contributed by atoms with Crippen LogP contribution in [0.2, 0.25) is 0 Å². The zero-order valence-electron chi connectivity index (χ0n) is 11.7. The summed E-state index contributed by atoms with van der Waals surface area (Å²) in [6, 6.07) is -0.927. The Morgan fingerprint density at radius 3 is 2.30 bits per heavy atom. The summed E-state index contributed by atoms with van der Waals surface area (Å²) in [5, 5.41) is 0. The van der Waals surface area contributed by atoms with Gasteiger partial charge in [0.25, 0.3) is 0 Å². The molecule has 1 rings (SSSR count). The van der Waals surface area contributed by atoms with Crippen LogP contribution >= 0.6 is 0 Å². The minimum absolute atomic E-state index is 0.0146. The van der Waals surface area contributed by atoms with E-state index in [-0.39, 0.29) is 30.7 Å². The van der Waals surface area contributed by atoms with E-state index in [0.29, 0.717) is 0 Å². The molecule has 7 nitrogen and oxygen atoms in total. The lowest BCUT2D eigenvalue weighted by atomic mass is 10.1. The van der Waals surface area contributed by atoms with Crippen molar-refractivity contribution in [2.75, 3.05) is 18.6 Å². The largest absolute Gasteiger partial charge is 0.368 e. The summed E-state index contributed by atoms with van der Waals surface area (Å²) in [5.74, 6) is -1.12. The van der Waals surface area contributed by atoms with E-state index < -0.39 is 21.8 Å². The Morgan fingerprint density at radius 1 is 1.30 bits per heavy atom. The van der Waals surface area contributed by atoms with Gasteiger partial charge in [0, 0.05) is 12.3 Å². The summed E-state index contributed by atoms with van der Waals surface area (Å²) < 4.78 is 22.2. The molecule has 1 fully saturated rings. The number of sulfone groups is 1. The lowest BCUT2D eigenvalue weighted by molar-refractivity contribution is -0.138. The molecule has 0 aromatic rings. The van der Waals surface area contributed by atoms with Crippen LogP contribution in [0, 0.1) is 0 Å². The number of carbonyl (C=O) groups is 2. The van der Waals surface area contributed by atoms with Gasteiger partial charge in [-0.3, -0.25) is 9.59 Å². The minimum Gasteiger partial charge on any atom is -0.368 e. The van der Waals surface area contributed by atoms with Crippen LogP contribution in [0.4, 0.5) is 0 Å². The fourth-order valence-electron chi connectivity index (χ4n) is 2.45. The smallest absolute Gasteiger partial charge is 0.240 e. The lowest BCUT2D eigenvalue weighted by Gasteiger charge is -2.30. The second kappa shape index (κ2) is 7.03. The molecule has 0 saturated heterocycles. The van der Waals surface area contributed by atoms with Crippen molar-refractivity contribution in [3.05, 3.63) is 0 Å². The van der Waals surface area contributed by atoms with Crippen LogP contribution in [0.25, 0.3) is 0 Å². The van der Waals surface area contributed by atoms with Crippen molar-refractivity contribution < 1.29 is 18.0 Å². The predicted molar refractivity (Wildman–Crippen MR) is 75.5 cm³/mol. The van der Waals surface area contributed by atoms with Gasteiger partial charge in [-0.2, -0.15) is 0 Å². The molecule has 1 saturated carbocycles. The fraction of sp³-hybridized carbons (Fsp3) is 0.833. The van der Waals surface area contributed by atoms with Crippen LogP contribution in [0.5, 0.6) is 0 Å². The highest BCUT2D eigenvalue weighted by molar-refractivity contribution is 7.90. The second-order valence-electron chi connectivity index (χ2n) is 5.40. The van der Waals surface area contributed by atoms with E-state index in [0.717, 1.165) is 31.9 Å². The van der Waals surface area contributed by atoms with Crippen molar-refractivity contribution in [3.63, 3.8) is 0 Å². The molecule has 116 valence electrons. The van der Waals surface area contributed by atoms with Gasteiger partial charge in [0.2, 0.25) is 11.8 Å². The normalized spacial score (nSPS) is 17.9. The molecular formula is C12H23N3O4S. The number of hydrogen-bond donors (Lipinski definition) is 2. The number of nitrogens with zero attached hydrogens (tertiary/aromatic N) is 1. The molecule has 1 aliphatic rings. The number of nitrogens with two attached hydrogens (primary N) is 2. The molecule has 1 unspecified atom stereocenters. The van der Waals surface area contributed by atoms with Crippen molar-refractivity contribution in [2.45, 2.75) is 44.2 Å². The molecule has 20 heavy (non-hydrogen) atoms. The Kier molecular flexibility index (Phi) is 5.94. The van der Waals surface area contributed by atoms with E-state index in [9.17, 15) is 18.0 Å².